The maximum atomic E-state index is 12.3. The summed E-state index contributed by atoms with van der Waals surface area (Å²) in [7, 11) is 1.80. The molecule has 122 valence electrons. The first-order chi connectivity index (χ1) is 11.1. The van der Waals surface area contributed by atoms with Gasteiger partial charge in [-0.1, -0.05) is 62.4 Å². The van der Waals surface area contributed by atoms with E-state index in [-0.39, 0.29) is 12.5 Å². The fourth-order valence-electron chi connectivity index (χ4n) is 2.43. The summed E-state index contributed by atoms with van der Waals surface area (Å²) in [5.41, 5.74) is 2.27. The molecule has 0 aromatic heterocycles. The van der Waals surface area contributed by atoms with Crippen LogP contribution in [0.5, 0.6) is 5.75 Å². The predicted octanol–water partition coefficient (Wildman–Crippen LogP) is 4.24. The molecule has 2 aromatic rings. The van der Waals surface area contributed by atoms with Crippen molar-refractivity contribution in [2.45, 2.75) is 32.7 Å². The second-order valence-electron chi connectivity index (χ2n) is 5.87. The number of carbonyl (C=O) groups is 1. The smallest absolute Gasteiger partial charge is 0.260 e. The topological polar surface area (TPSA) is 29.5 Å². The van der Waals surface area contributed by atoms with E-state index in [1.54, 1.807) is 11.9 Å². The maximum Gasteiger partial charge on any atom is 0.260 e. The van der Waals surface area contributed by atoms with Crippen LogP contribution in [0.3, 0.4) is 0 Å². The highest BCUT2D eigenvalue weighted by molar-refractivity contribution is 5.77. The molecule has 2 rings (SSSR count). The van der Waals surface area contributed by atoms with Crippen molar-refractivity contribution in [3.05, 3.63) is 65.7 Å². The number of para-hydroxylation sites is 1. The molecule has 3 nitrogen and oxygen atoms in total. The SMILES string of the molecule is CCC(C)c1ccccc1OCC(=O)N(C)Cc1ccccc1. The molecule has 0 heterocycles. The van der Waals surface area contributed by atoms with Gasteiger partial charge in [0.05, 0.1) is 0 Å². The number of hydrogen-bond acceptors (Lipinski definition) is 2. The van der Waals surface area contributed by atoms with E-state index in [9.17, 15) is 4.79 Å². The van der Waals surface area contributed by atoms with Crippen LogP contribution in [0.25, 0.3) is 0 Å². The molecule has 0 bridgehead atoms. The van der Waals surface area contributed by atoms with E-state index in [0.717, 1.165) is 23.3 Å². The van der Waals surface area contributed by atoms with Gasteiger partial charge in [-0.25, -0.2) is 0 Å². The maximum absolute atomic E-state index is 12.3. The van der Waals surface area contributed by atoms with Crippen molar-refractivity contribution in [3.63, 3.8) is 0 Å². The van der Waals surface area contributed by atoms with Gasteiger partial charge in [-0.3, -0.25) is 4.79 Å². The molecule has 0 aliphatic heterocycles. The third kappa shape index (κ3) is 4.85. The highest BCUT2D eigenvalue weighted by atomic mass is 16.5. The summed E-state index contributed by atoms with van der Waals surface area (Å²) < 4.78 is 5.79. The predicted molar refractivity (Wildman–Crippen MR) is 93.6 cm³/mol. The Hall–Kier alpha value is -2.29. The van der Waals surface area contributed by atoms with Gasteiger partial charge in [0.1, 0.15) is 5.75 Å². The van der Waals surface area contributed by atoms with E-state index in [0.29, 0.717) is 12.5 Å². The molecule has 0 saturated heterocycles. The zero-order valence-corrected chi connectivity index (χ0v) is 14.2. The number of likely N-dealkylation sites (N-methyl/N-ethyl adjacent to an activating group) is 1. The number of nitrogens with zero attached hydrogens (tertiary/aromatic N) is 1. The van der Waals surface area contributed by atoms with Crippen molar-refractivity contribution < 1.29 is 9.53 Å². The molecule has 0 fully saturated rings. The number of amides is 1. The first-order valence-electron chi connectivity index (χ1n) is 8.11. The Bertz CT molecular complexity index is 625. The number of hydrogen-bond donors (Lipinski definition) is 0. The minimum atomic E-state index is -0.0205. The van der Waals surface area contributed by atoms with E-state index in [2.05, 4.69) is 19.9 Å². The van der Waals surface area contributed by atoms with E-state index in [1.807, 2.05) is 48.5 Å². The average molecular weight is 311 g/mol. The molecule has 0 aliphatic rings. The molecule has 3 heteroatoms. The summed E-state index contributed by atoms with van der Waals surface area (Å²) in [6.07, 6.45) is 1.04. The quantitative estimate of drug-likeness (QED) is 0.765. The van der Waals surface area contributed by atoms with Crippen molar-refractivity contribution in [1.29, 1.82) is 0 Å². The van der Waals surface area contributed by atoms with E-state index in [4.69, 9.17) is 4.74 Å². The standard InChI is InChI=1S/C20H25NO2/c1-4-16(2)18-12-8-9-13-19(18)23-15-20(22)21(3)14-17-10-6-5-7-11-17/h5-13,16H,4,14-15H2,1-3H3. The Labute approximate surface area is 138 Å². The molecule has 0 saturated carbocycles. The number of rotatable bonds is 7. The minimum absolute atomic E-state index is 0.0205. The lowest BCUT2D eigenvalue weighted by molar-refractivity contribution is -0.132. The Kier molecular flexibility index (Phi) is 6.21. The molecule has 0 N–H and O–H groups in total. The van der Waals surface area contributed by atoms with Crippen molar-refractivity contribution in [2.75, 3.05) is 13.7 Å². The fourth-order valence-corrected chi connectivity index (χ4v) is 2.43. The number of carbonyl (C=O) groups excluding carboxylic acids is 1. The fraction of sp³-hybridized carbons (Fsp3) is 0.350. The summed E-state index contributed by atoms with van der Waals surface area (Å²) in [5.74, 6) is 1.21. The molecular formula is C20H25NO2. The summed E-state index contributed by atoms with van der Waals surface area (Å²) in [4.78, 5) is 14.0. The van der Waals surface area contributed by atoms with Crippen LogP contribution >= 0.6 is 0 Å². The zero-order valence-electron chi connectivity index (χ0n) is 14.2. The van der Waals surface area contributed by atoms with E-state index in [1.165, 1.54) is 0 Å². The van der Waals surface area contributed by atoms with Gasteiger partial charge in [0.15, 0.2) is 6.61 Å². The van der Waals surface area contributed by atoms with Gasteiger partial charge in [0, 0.05) is 13.6 Å². The highest BCUT2D eigenvalue weighted by Gasteiger charge is 2.13. The molecule has 23 heavy (non-hydrogen) atoms. The molecular weight excluding hydrogens is 286 g/mol. The van der Waals surface area contributed by atoms with Gasteiger partial charge < -0.3 is 9.64 Å². The van der Waals surface area contributed by atoms with Crippen LogP contribution in [0.4, 0.5) is 0 Å². The van der Waals surface area contributed by atoms with Gasteiger partial charge in [-0.05, 0) is 29.5 Å². The molecule has 0 radical (unpaired) electrons. The van der Waals surface area contributed by atoms with E-state index >= 15 is 0 Å². The summed E-state index contributed by atoms with van der Waals surface area (Å²) >= 11 is 0. The largest absolute Gasteiger partial charge is 0.483 e. The van der Waals surface area contributed by atoms with Crippen LogP contribution in [-0.4, -0.2) is 24.5 Å². The van der Waals surface area contributed by atoms with Crippen molar-refractivity contribution >= 4 is 5.91 Å². The van der Waals surface area contributed by atoms with Gasteiger partial charge in [-0.2, -0.15) is 0 Å². The lowest BCUT2D eigenvalue weighted by Crippen LogP contribution is -2.31. The normalized spacial score (nSPS) is 11.8. The van der Waals surface area contributed by atoms with Crippen molar-refractivity contribution in [2.24, 2.45) is 0 Å². The molecule has 1 unspecified atom stereocenters. The molecule has 0 aliphatic carbocycles. The second-order valence-corrected chi connectivity index (χ2v) is 5.87. The van der Waals surface area contributed by atoms with Crippen LogP contribution in [0, 0.1) is 0 Å². The summed E-state index contributed by atoms with van der Waals surface area (Å²) in [5, 5.41) is 0. The summed E-state index contributed by atoms with van der Waals surface area (Å²) in [6.45, 7) is 4.98. The molecule has 2 aromatic carbocycles. The first kappa shape index (κ1) is 17.1. The molecule has 1 amide bonds. The van der Waals surface area contributed by atoms with Crippen LogP contribution in [0.2, 0.25) is 0 Å². The lowest BCUT2D eigenvalue weighted by Gasteiger charge is -2.19. The molecule has 1 atom stereocenters. The van der Waals surface area contributed by atoms with Gasteiger partial charge in [-0.15, -0.1) is 0 Å². The van der Waals surface area contributed by atoms with Crippen molar-refractivity contribution in [3.8, 4) is 5.75 Å². The average Bonchev–Trinajstić information content (AvgIpc) is 2.60. The Morgan fingerprint density at radius 1 is 1.09 bits per heavy atom. The number of ether oxygens (including phenoxy) is 1. The Morgan fingerprint density at radius 2 is 1.74 bits per heavy atom. The van der Waals surface area contributed by atoms with Gasteiger partial charge >= 0.3 is 0 Å². The minimum Gasteiger partial charge on any atom is -0.483 e. The Morgan fingerprint density at radius 3 is 2.43 bits per heavy atom. The summed E-state index contributed by atoms with van der Waals surface area (Å²) in [6, 6.07) is 17.9. The first-order valence-corrected chi connectivity index (χ1v) is 8.11. The lowest BCUT2D eigenvalue weighted by atomic mass is 9.98. The van der Waals surface area contributed by atoms with Crippen LogP contribution < -0.4 is 4.74 Å². The van der Waals surface area contributed by atoms with Crippen LogP contribution in [-0.2, 0) is 11.3 Å². The third-order valence-corrected chi connectivity index (χ3v) is 4.10. The Balaban J connectivity index is 1.94. The third-order valence-electron chi connectivity index (χ3n) is 4.10. The second kappa shape index (κ2) is 8.37. The van der Waals surface area contributed by atoms with Crippen LogP contribution in [0.15, 0.2) is 54.6 Å². The van der Waals surface area contributed by atoms with Gasteiger partial charge in [0.25, 0.3) is 5.91 Å². The zero-order chi connectivity index (χ0) is 16.7. The van der Waals surface area contributed by atoms with E-state index < -0.39 is 0 Å². The highest BCUT2D eigenvalue weighted by Crippen LogP contribution is 2.28. The van der Waals surface area contributed by atoms with Crippen LogP contribution in [0.1, 0.15) is 37.3 Å². The number of benzene rings is 2. The van der Waals surface area contributed by atoms with Gasteiger partial charge in [0.2, 0.25) is 0 Å². The van der Waals surface area contributed by atoms with Crippen molar-refractivity contribution in [1.82, 2.24) is 4.90 Å². The molecule has 0 spiro atoms. The monoisotopic (exact) mass is 311 g/mol.